The number of nitrogens with zero attached hydrogens (tertiary/aromatic N) is 1. The molecule has 1 fully saturated rings. The number of carbonyl (C=O) groups excluding carboxylic acids is 1. The van der Waals surface area contributed by atoms with Crippen LogP contribution >= 0.6 is 11.6 Å². The number of alkyl halides is 3. The van der Waals surface area contributed by atoms with E-state index in [4.69, 9.17) is 22.4 Å². The van der Waals surface area contributed by atoms with Crippen molar-refractivity contribution in [2.24, 2.45) is 10.7 Å². The Morgan fingerprint density at radius 1 is 1.03 bits per heavy atom. The molecule has 0 spiro atoms. The minimum Gasteiger partial charge on any atom is -0.478 e. The smallest absolute Gasteiger partial charge is 0.417 e. The Labute approximate surface area is 174 Å². The number of halogens is 4. The first-order chi connectivity index (χ1) is 14.1. The molecule has 0 radical (unpaired) electrons. The molecule has 3 N–H and O–H groups in total. The lowest BCUT2D eigenvalue weighted by Crippen LogP contribution is -2.14. The summed E-state index contributed by atoms with van der Waals surface area (Å²) in [6.07, 6.45) is -3.26. The number of hydrogen-bond acceptors (Lipinski definition) is 3. The molecule has 0 aliphatic heterocycles. The topological polar surface area (TPSA) is 92.8 Å². The van der Waals surface area contributed by atoms with Crippen LogP contribution in [0.1, 0.15) is 51.1 Å². The summed E-state index contributed by atoms with van der Waals surface area (Å²) in [5, 5.41) is 8.65. The number of carbonyl (C=O) groups is 2. The Kier molecular flexibility index (Phi) is 5.98. The van der Waals surface area contributed by atoms with E-state index in [1.165, 1.54) is 30.3 Å². The molecular weight excluding hydrogens is 421 g/mol. The van der Waals surface area contributed by atoms with Gasteiger partial charge in [-0.25, -0.2) is 9.79 Å². The first kappa shape index (κ1) is 21.6. The summed E-state index contributed by atoms with van der Waals surface area (Å²) in [6, 6.07) is 8.94. The maximum atomic E-state index is 13.3. The number of allylic oxidation sites excluding steroid dienone is 1. The van der Waals surface area contributed by atoms with E-state index in [0.29, 0.717) is 41.8 Å². The van der Waals surface area contributed by atoms with Crippen molar-refractivity contribution in [3.05, 3.63) is 75.3 Å². The zero-order chi connectivity index (χ0) is 22.1. The zero-order valence-electron chi connectivity index (χ0n) is 15.5. The van der Waals surface area contributed by atoms with Crippen molar-refractivity contribution in [1.82, 2.24) is 0 Å². The molecule has 9 heteroatoms. The van der Waals surface area contributed by atoms with E-state index in [-0.39, 0.29) is 10.6 Å². The van der Waals surface area contributed by atoms with Crippen LogP contribution in [-0.2, 0) is 6.18 Å². The summed E-state index contributed by atoms with van der Waals surface area (Å²) in [7, 11) is 0. The third-order valence-electron chi connectivity index (χ3n) is 4.73. The van der Waals surface area contributed by atoms with Gasteiger partial charge in [0.1, 0.15) is 0 Å². The number of aliphatic imine (C=N–C) groups is 1. The van der Waals surface area contributed by atoms with Crippen LogP contribution in [-0.4, -0.2) is 22.7 Å². The highest BCUT2D eigenvalue weighted by atomic mass is 35.5. The Hall–Kier alpha value is -3.13. The van der Waals surface area contributed by atoms with Crippen LogP contribution in [0.2, 0.25) is 5.02 Å². The van der Waals surface area contributed by atoms with Gasteiger partial charge in [-0.05, 0) is 54.7 Å². The van der Waals surface area contributed by atoms with Crippen molar-refractivity contribution in [3.8, 4) is 0 Å². The van der Waals surface area contributed by atoms with Gasteiger partial charge in [-0.1, -0.05) is 29.8 Å². The van der Waals surface area contributed by atoms with Crippen LogP contribution in [0.25, 0.3) is 5.70 Å². The van der Waals surface area contributed by atoms with Crippen molar-refractivity contribution in [3.63, 3.8) is 0 Å². The molecule has 0 aromatic heterocycles. The number of amides is 1. The van der Waals surface area contributed by atoms with E-state index in [1.807, 2.05) is 0 Å². The molecule has 5 nitrogen and oxygen atoms in total. The van der Waals surface area contributed by atoms with E-state index < -0.39 is 29.2 Å². The molecule has 1 saturated carbocycles. The third kappa shape index (κ3) is 4.38. The Morgan fingerprint density at radius 3 is 2.27 bits per heavy atom. The van der Waals surface area contributed by atoms with Gasteiger partial charge in [0.25, 0.3) is 5.91 Å². The van der Waals surface area contributed by atoms with Gasteiger partial charge in [0, 0.05) is 11.4 Å². The number of aromatic carboxylic acids is 1. The molecular formula is C21H16ClF3N2O3. The van der Waals surface area contributed by atoms with Crippen LogP contribution in [0, 0.1) is 0 Å². The quantitative estimate of drug-likeness (QED) is 0.692. The molecule has 2 aromatic rings. The molecule has 2 aromatic carbocycles. The van der Waals surface area contributed by atoms with Gasteiger partial charge >= 0.3 is 12.1 Å². The van der Waals surface area contributed by atoms with Gasteiger partial charge in [0.2, 0.25) is 0 Å². The Balaban J connectivity index is 2.01. The molecule has 1 aliphatic rings. The lowest BCUT2D eigenvalue weighted by atomic mass is 10.0. The highest BCUT2D eigenvalue weighted by Gasteiger charge is 2.36. The number of nitrogens with two attached hydrogens (primary N) is 1. The third-order valence-corrected chi connectivity index (χ3v) is 5.04. The molecule has 0 saturated heterocycles. The number of hydrogen-bond donors (Lipinski definition) is 2. The maximum absolute atomic E-state index is 13.3. The summed E-state index contributed by atoms with van der Waals surface area (Å²) in [6.45, 7) is 0. The largest absolute Gasteiger partial charge is 0.478 e. The highest BCUT2D eigenvalue weighted by Crippen LogP contribution is 2.36. The van der Waals surface area contributed by atoms with Crippen LogP contribution in [0.5, 0.6) is 0 Å². The predicted molar refractivity (Wildman–Crippen MR) is 107 cm³/mol. The number of rotatable bonds is 3. The van der Waals surface area contributed by atoms with Crippen molar-refractivity contribution in [2.75, 3.05) is 0 Å². The SMILES string of the molecule is NC(=C1CCCC1=NC(=O)c1c(Cl)cccc1C(F)(F)F)c1ccc(C(=O)O)cc1. The molecule has 30 heavy (non-hydrogen) atoms. The van der Waals surface area contributed by atoms with Crippen LogP contribution < -0.4 is 5.73 Å². The molecule has 3 rings (SSSR count). The first-order valence-electron chi connectivity index (χ1n) is 8.90. The fourth-order valence-corrected chi connectivity index (χ4v) is 3.52. The van der Waals surface area contributed by atoms with Crippen molar-refractivity contribution < 1.29 is 27.9 Å². The summed E-state index contributed by atoms with van der Waals surface area (Å²) in [4.78, 5) is 27.5. The molecule has 0 unspecified atom stereocenters. The standard InChI is InChI=1S/C21H16ClF3N2O3/c22-15-5-2-4-14(21(23,24)25)17(15)19(28)27-16-6-1-3-13(16)18(26)11-7-9-12(10-8-11)20(29)30/h2,4-5,7-10H,1,3,6,26H2,(H,29,30). The number of carboxylic acid groups (broad SMARTS) is 1. The Bertz CT molecular complexity index is 1070. The average molecular weight is 437 g/mol. The van der Waals surface area contributed by atoms with Crippen molar-refractivity contribution in [1.29, 1.82) is 0 Å². The lowest BCUT2D eigenvalue weighted by molar-refractivity contribution is -0.137. The zero-order valence-corrected chi connectivity index (χ0v) is 16.2. The maximum Gasteiger partial charge on any atom is 0.417 e. The van der Waals surface area contributed by atoms with Crippen LogP contribution in [0.15, 0.2) is 53.0 Å². The van der Waals surface area contributed by atoms with E-state index in [0.717, 1.165) is 12.1 Å². The molecule has 0 atom stereocenters. The van der Waals surface area contributed by atoms with Crippen molar-refractivity contribution in [2.45, 2.75) is 25.4 Å². The minimum atomic E-state index is -4.75. The minimum absolute atomic E-state index is 0.0884. The fourth-order valence-electron chi connectivity index (χ4n) is 3.26. The van der Waals surface area contributed by atoms with E-state index in [2.05, 4.69) is 4.99 Å². The van der Waals surface area contributed by atoms with Gasteiger partial charge in [0.05, 0.1) is 21.7 Å². The second-order valence-corrected chi connectivity index (χ2v) is 7.06. The lowest BCUT2D eigenvalue weighted by Gasteiger charge is -2.12. The molecule has 1 amide bonds. The van der Waals surface area contributed by atoms with Gasteiger partial charge in [-0.3, -0.25) is 4.79 Å². The van der Waals surface area contributed by atoms with Gasteiger partial charge in [-0.2, -0.15) is 13.2 Å². The summed E-state index contributed by atoms with van der Waals surface area (Å²) in [5.74, 6) is -2.17. The summed E-state index contributed by atoms with van der Waals surface area (Å²) >= 11 is 5.88. The highest BCUT2D eigenvalue weighted by molar-refractivity contribution is 6.34. The van der Waals surface area contributed by atoms with E-state index in [9.17, 15) is 22.8 Å². The second-order valence-electron chi connectivity index (χ2n) is 6.65. The summed E-state index contributed by atoms with van der Waals surface area (Å²) < 4.78 is 39.9. The van der Waals surface area contributed by atoms with E-state index in [1.54, 1.807) is 0 Å². The second kappa shape index (κ2) is 8.31. The molecule has 1 aliphatic carbocycles. The normalized spacial score (nSPS) is 17.3. The first-order valence-corrected chi connectivity index (χ1v) is 9.27. The average Bonchev–Trinajstić information content (AvgIpc) is 3.14. The van der Waals surface area contributed by atoms with Gasteiger partial charge in [0.15, 0.2) is 0 Å². The number of carboxylic acids is 1. The predicted octanol–water partition coefficient (Wildman–Crippen LogP) is 5.19. The number of benzene rings is 2. The molecule has 0 bridgehead atoms. The monoisotopic (exact) mass is 436 g/mol. The van der Waals surface area contributed by atoms with Crippen molar-refractivity contribution >= 4 is 34.9 Å². The van der Waals surface area contributed by atoms with Crippen LogP contribution in [0.4, 0.5) is 13.2 Å². The molecule has 0 heterocycles. The van der Waals surface area contributed by atoms with Gasteiger partial charge < -0.3 is 10.8 Å². The fraction of sp³-hybridized carbons (Fsp3) is 0.190. The van der Waals surface area contributed by atoms with Crippen LogP contribution in [0.3, 0.4) is 0 Å². The molecule has 156 valence electrons. The summed E-state index contributed by atoms with van der Waals surface area (Å²) in [5.41, 5.74) is 6.11. The van der Waals surface area contributed by atoms with Gasteiger partial charge in [-0.15, -0.1) is 0 Å². The Morgan fingerprint density at radius 2 is 1.67 bits per heavy atom. The van der Waals surface area contributed by atoms with E-state index >= 15 is 0 Å².